The Morgan fingerprint density at radius 2 is 1.67 bits per heavy atom. The van der Waals surface area contributed by atoms with Crippen LogP contribution < -0.4 is 4.74 Å². The first-order valence-corrected chi connectivity index (χ1v) is 6.24. The van der Waals surface area contributed by atoms with Crippen LogP contribution in [0.1, 0.15) is 18.6 Å². The number of halogens is 2. The van der Waals surface area contributed by atoms with Crippen LogP contribution in [-0.2, 0) is 0 Å². The zero-order chi connectivity index (χ0) is 13.1. The van der Waals surface area contributed by atoms with Gasteiger partial charge in [0.25, 0.3) is 0 Å². The summed E-state index contributed by atoms with van der Waals surface area (Å²) in [7, 11) is 0. The lowest BCUT2D eigenvalue weighted by atomic mass is 10.1. The Balaban J connectivity index is 2.37. The van der Waals surface area contributed by atoms with Crippen LogP contribution in [0.15, 0.2) is 42.5 Å². The van der Waals surface area contributed by atoms with Crippen molar-refractivity contribution in [2.24, 2.45) is 0 Å². The fourth-order valence-electron chi connectivity index (χ4n) is 1.60. The molecule has 1 unspecified atom stereocenters. The van der Waals surface area contributed by atoms with Gasteiger partial charge < -0.3 is 9.84 Å². The van der Waals surface area contributed by atoms with Gasteiger partial charge in [0.15, 0.2) is 0 Å². The summed E-state index contributed by atoms with van der Waals surface area (Å²) in [6.07, 6.45) is -0.612. The van der Waals surface area contributed by atoms with E-state index in [1.54, 1.807) is 37.3 Å². The number of aliphatic hydroxyl groups excluding tert-OH is 1. The van der Waals surface area contributed by atoms with E-state index in [0.717, 1.165) is 0 Å². The van der Waals surface area contributed by atoms with Gasteiger partial charge in [-0.1, -0.05) is 47.5 Å². The monoisotopic (exact) mass is 282 g/mol. The number of ether oxygens (including phenoxy) is 1. The van der Waals surface area contributed by atoms with Crippen molar-refractivity contribution >= 4 is 23.2 Å². The molecule has 0 heterocycles. The largest absolute Gasteiger partial charge is 0.455 e. The highest BCUT2D eigenvalue weighted by atomic mass is 35.5. The zero-order valence-electron chi connectivity index (χ0n) is 9.73. The van der Waals surface area contributed by atoms with Crippen molar-refractivity contribution in [3.05, 3.63) is 58.1 Å². The molecule has 0 amide bonds. The van der Waals surface area contributed by atoms with Gasteiger partial charge in [-0.15, -0.1) is 0 Å². The lowest BCUT2D eigenvalue weighted by Gasteiger charge is -2.14. The normalized spacial score (nSPS) is 12.2. The second kappa shape index (κ2) is 5.61. The minimum Gasteiger partial charge on any atom is -0.455 e. The minimum atomic E-state index is -0.612. The molecule has 1 atom stereocenters. The van der Waals surface area contributed by atoms with E-state index in [1.807, 2.05) is 12.1 Å². The maximum atomic E-state index is 9.67. The molecule has 4 heteroatoms. The standard InChI is InChI=1S/C14H12Cl2O2/c1-9(17)10-5-2-3-7-12(10)18-13-8-4-6-11(15)14(13)16/h2-9,17H,1H3. The molecule has 0 saturated heterocycles. The Labute approximate surface area is 116 Å². The van der Waals surface area contributed by atoms with Gasteiger partial charge in [0.2, 0.25) is 0 Å². The Kier molecular flexibility index (Phi) is 4.12. The van der Waals surface area contributed by atoms with E-state index in [9.17, 15) is 5.11 Å². The fraction of sp³-hybridized carbons (Fsp3) is 0.143. The molecular weight excluding hydrogens is 271 g/mol. The molecule has 0 aliphatic carbocycles. The number of hydrogen-bond donors (Lipinski definition) is 1. The second-order valence-electron chi connectivity index (χ2n) is 3.87. The third-order valence-corrected chi connectivity index (χ3v) is 3.31. The SMILES string of the molecule is CC(O)c1ccccc1Oc1cccc(Cl)c1Cl. The Bertz CT molecular complexity index is 553. The van der Waals surface area contributed by atoms with Crippen molar-refractivity contribution in [2.75, 3.05) is 0 Å². The summed E-state index contributed by atoms with van der Waals surface area (Å²) in [6.45, 7) is 1.68. The number of aliphatic hydroxyl groups is 1. The van der Waals surface area contributed by atoms with Gasteiger partial charge >= 0.3 is 0 Å². The van der Waals surface area contributed by atoms with E-state index in [0.29, 0.717) is 27.1 Å². The first-order valence-electron chi connectivity index (χ1n) is 5.48. The molecule has 0 saturated carbocycles. The molecule has 0 aromatic heterocycles. The highest BCUT2D eigenvalue weighted by molar-refractivity contribution is 6.42. The predicted molar refractivity (Wildman–Crippen MR) is 73.6 cm³/mol. The van der Waals surface area contributed by atoms with Gasteiger partial charge in [-0.05, 0) is 25.1 Å². The second-order valence-corrected chi connectivity index (χ2v) is 4.65. The predicted octanol–water partition coefficient (Wildman–Crippen LogP) is 4.84. The third-order valence-electron chi connectivity index (χ3n) is 2.51. The van der Waals surface area contributed by atoms with Crippen LogP contribution in [0.2, 0.25) is 10.0 Å². The molecule has 94 valence electrons. The molecule has 0 fully saturated rings. The van der Waals surface area contributed by atoms with Gasteiger partial charge in [0.1, 0.15) is 16.5 Å². The molecule has 0 aliphatic heterocycles. The van der Waals surface area contributed by atoms with Crippen LogP contribution >= 0.6 is 23.2 Å². The van der Waals surface area contributed by atoms with E-state index >= 15 is 0 Å². The summed E-state index contributed by atoms with van der Waals surface area (Å²) in [4.78, 5) is 0. The van der Waals surface area contributed by atoms with E-state index in [2.05, 4.69) is 0 Å². The summed E-state index contributed by atoms with van der Waals surface area (Å²) in [5, 5.41) is 10.5. The molecule has 2 nitrogen and oxygen atoms in total. The number of rotatable bonds is 3. The topological polar surface area (TPSA) is 29.5 Å². The van der Waals surface area contributed by atoms with E-state index < -0.39 is 6.10 Å². The van der Waals surface area contributed by atoms with Crippen molar-refractivity contribution in [3.63, 3.8) is 0 Å². The van der Waals surface area contributed by atoms with Crippen molar-refractivity contribution in [1.82, 2.24) is 0 Å². The smallest absolute Gasteiger partial charge is 0.147 e. The van der Waals surface area contributed by atoms with Crippen molar-refractivity contribution in [2.45, 2.75) is 13.0 Å². The maximum Gasteiger partial charge on any atom is 0.147 e. The Hall–Kier alpha value is -1.22. The van der Waals surface area contributed by atoms with Crippen molar-refractivity contribution in [1.29, 1.82) is 0 Å². The molecule has 2 aromatic carbocycles. The van der Waals surface area contributed by atoms with Crippen LogP contribution in [-0.4, -0.2) is 5.11 Å². The first-order chi connectivity index (χ1) is 8.59. The van der Waals surface area contributed by atoms with Crippen molar-refractivity contribution < 1.29 is 9.84 Å². The van der Waals surface area contributed by atoms with E-state index in [4.69, 9.17) is 27.9 Å². The van der Waals surface area contributed by atoms with Crippen molar-refractivity contribution in [3.8, 4) is 11.5 Å². The molecule has 0 bridgehead atoms. The zero-order valence-corrected chi connectivity index (χ0v) is 11.2. The quantitative estimate of drug-likeness (QED) is 0.873. The molecule has 1 N–H and O–H groups in total. The van der Waals surface area contributed by atoms with Gasteiger partial charge in [-0.3, -0.25) is 0 Å². The number of benzene rings is 2. The van der Waals surface area contributed by atoms with Crippen LogP contribution in [0, 0.1) is 0 Å². The molecule has 18 heavy (non-hydrogen) atoms. The van der Waals surface area contributed by atoms with E-state index in [1.165, 1.54) is 0 Å². The van der Waals surface area contributed by atoms with Gasteiger partial charge in [0.05, 0.1) is 11.1 Å². The lowest BCUT2D eigenvalue weighted by Crippen LogP contribution is -1.96. The summed E-state index contributed by atoms with van der Waals surface area (Å²) >= 11 is 12.0. The van der Waals surface area contributed by atoms with Crippen LogP contribution in [0.5, 0.6) is 11.5 Å². The molecule has 0 radical (unpaired) electrons. The average molecular weight is 283 g/mol. The Morgan fingerprint density at radius 3 is 2.39 bits per heavy atom. The van der Waals surface area contributed by atoms with Gasteiger partial charge in [-0.25, -0.2) is 0 Å². The lowest BCUT2D eigenvalue weighted by molar-refractivity contribution is 0.195. The summed E-state index contributed by atoms with van der Waals surface area (Å²) in [5.74, 6) is 1.04. The number of para-hydroxylation sites is 1. The van der Waals surface area contributed by atoms with E-state index in [-0.39, 0.29) is 0 Å². The first kappa shape index (κ1) is 13.2. The molecule has 2 aromatic rings. The number of hydrogen-bond acceptors (Lipinski definition) is 2. The third kappa shape index (κ3) is 2.78. The molecule has 0 spiro atoms. The highest BCUT2D eigenvalue weighted by Crippen LogP contribution is 2.36. The Morgan fingerprint density at radius 1 is 1.00 bits per heavy atom. The van der Waals surface area contributed by atoms with Crippen LogP contribution in [0.25, 0.3) is 0 Å². The molecule has 0 aliphatic rings. The maximum absolute atomic E-state index is 9.67. The minimum absolute atomic E-state index is 0.361. The van der Waals surface area contributed by atoms with Gasteiger partial charge in [0, 0.05) is 5.56 Å². The fourth-order valence-corrected chi connectivity index (χ4v) is 1.93. The van der Waals surface area contributed by atoms with Crippen LogP contribution in [0.4, 0.5) is 0 Å². The summed E-state index contributed by atoms with van der Waals surface area (Å²) in [5.41, 5.74) is 0.702. The summed E-state index contributed by atoms with van der Waals surface area (Å²) < 4.78 is 5.71. The average Bonchev–Trinajstić information content (AvgIpc) is 2.35. The van der Waals surface area contributed by atoms with Gasteiger partial charge in [-0.2, -0.15) is 0 Å². The van der Waals surface area contributed by atoms with Crippen LogP contribution in [0.3, 0.4) is 0 Å². The molecular formula is C14H12Cl2O2. The summed E-state index contributed by atoms with van der Waals surface area (Å²) in [6, 6.07) is 12.4. The molecule has 2 rings (SSSR count). The highest BCUT2D eigenvalue weighted by Gasteiger charge is 2.11.